The van der Waals surface area contributed by atoms with Crippen LogP contribution in [0.25, 0.3) is 6.08 Å². The van der Waals surface area contributed by atoms with E-state index in [-0.39, 0.29) is 20.7 Å². The molecule has 2 aromatic rings. The number of amides is 1. The Balaban J connectivity index is 1.85. The fourth-order valence-corrected chi connectivity index (χ4v) is 4.71. The Bertz CT molecular complexity index is 1110. The van der Waals surface area contributed by atoms with Crippen molar-refractivity contribution in [3.63, 3.8) is 0 Å². The van der Waals surface area contributed by atoms with E-state index in [0.29, 0.717) is 11.1 Å². The molecule has 2 heterocycles. The van der Waals surface area contributed by atoms with Crippen molar-refractivity contribution < 1.29 is 26.4 Å². The number of sulfone groups is 1. The van der Waals surface area contributed by atoms with E-state index in [2.05, 4.69) is 4.98 Å². The van der Waals surface area contributed by atoms with E-state index < -0.39 is 27.6 Å². The van der Waals surface area contributed by atoms with Gasteiger partial charge >= 0.3 is 6.18 Å². The van der Waals surface area contributed by atoms with Crippen LogP contribution in [0.15, 0.2) is 52.4 Å². The minimum absolute atomic E-state index is 0.0408. The number of aromatic nitrogens is 1. The van der Waals surface area contributed by atoms with E-state index in [9.17, 15) is 26.4 Å². The van der Waals surface area contributed by atoms with Gasteiger partial charge in [0.25, 0.3) is 5.91 Å². The fraction of sp³-hybridized carbons (Fsp3) is 0.167. The van der Waals surface area contributed by atoms with Gasteiger partial charge in [-0.05, 0) is 29.3 Å². The van der Waals surface area contributed by atoms with Crippen LogP contribution in [0, 0.1) is 0 Å². The Hall–Kier alpha value is -2.24. The van der Waals surface area contributed by atoms with E-state index in [1.165, 1.54) is 23.1 Å². The molecule has 1 saturated heterocycles. The lowest BCUT2D eigenvalue weighted by Gasteiger charge is -2.14. The molecule has 0 radical (unpaired) electrons. The van der Waals surface area contributed by atoms with Crippen molar-refractivity contribution >= 4 is 50.1 Å². The molecule has 0 saturated carbocycles. The molecular formula is C18H13F3N2O3S3. The normalized spacial score (nSPS) is 16.7. The Morgan fingerprint density at radius 1 is 1.21 bits per heavy atom. The van der Waals surface area contributed by atoms with Gasteiger partial charge in [-0.25, -0.2) is 8.42 Å². The van der Waals surface area contributed by atoms with Crippen molar-refractivity contribution in [1.82, 2.24) is 9.88 Å². The Morgan fingerprint density at radius 3 is 2.48 bits per heavy atom. The summed E-state index contributed by atoms with van der Waals surface area (Å²) in [5.74, 6) is -0.455. The van der Waals surface area contributed by atoms with Gasteiger partial charge in [-0.15, -0.1) is 0 Å². The van der Waals surface area contributed by atoms with Gasteiger partial charge in [0.1, 0.15) is 10.0 Å². The maximum Gasteiger partial charge on any atom is 0.433 e. The van der Waals surface area contributed by atoms with E-state index >= 15 is 0 Å². The highest BCUT2D eigenvalue weighted by atomic mass is 32.2. The zero-order chi connectivity index (χ0) is 21.4. The van der Waals surface area contributed by atoms with Crippen molar-refractivity contribution in [2.75, 3.05) is 6.26 Å². The van der Waals surface area contributed by atoms with Crippen LogP contribution in [0.3, 0.4) is 0 Å². The average molecular weight is 459 g/mol. The predicted molar refractivity (Wildman–Crippen MR) is 108 cm³/mol. The molecule has 0 spiro atoms. The van der Waals surface area contributed by atoms with Crippen LogP contribution in [-0.4, -0.2) is 34.8 Å². The summed E-state index contributed by atoms with van der Waals surface area (Å²) in [4.78, 5) is 17.6. The molecule has 3 rings (SSSR count). The highest BCUT2D eigenvalue weighted by Crippen LogP contribution is 2.35. The monoisotopic (exact) mass is 458 g/mol. The molecule has 0 aliphatic carbocycles. The van der Waals surface area contributed by atoms with E-state index in [1.54, 1.807) is 18.2 Å². The number of thiocarbonyl (C=S) groups is 1. The minimum atomic E-state index is -4.55. The smallest absolute Gasteiger partial charge is 0.288 e. The van der Waals surface area contributed by atoms with Crippen LogP contribution in [0.2, 0.25) is 0 Å². The minimum Gasteiger partial charge on any atom is -0.288 e. The molecular weight excluding hydrogens is 445 g/mol. The van der Waals surface area contributed by atoms with Gasteiger partial charge < -0.3 is 0 Å². The summed E-state index contributed by atoms with van der Waals surface area (Å²) in [7, 11) is -3.50. The number of hydrogen-bond acceptors (Lipinski definition) is 6. The molecule has 1 fully saturated rings. The van der Waals surface area contributed by atoms with Crippen molar-refractivity contribution in [2.45, 2.75) is 17.6 Å². The maximum absolute atomic E-state index is 12.7. The fourth-order valence-electron chi connectivity index (χ4n) is 2.58. The van der Waals surface area contributed by atoms with E-state index in [4.69, 9.17) is 12.2 Å². The number of carbonyl (C=O) groups excluding carboxylic acids is 1. The third-order valence-corrected chi connectivity index (χ3v) is 6.48. The van der Waals surface area contributed by atoms with Crippen LogP contribution >= 0.6 is 24.0 Å². The first-order valence-electron chi connectivity index (χ1n) is 8.03. The van der Waals surface area contributed by atoms with Crippen molar-refractivity contribution in [3.05, 3.63) is 64.3 Å². The maximum atomic E-state index is 12.7. The molecule has 152 valence electrons. The Labute approximate surface area is 174 Å². The lowest BCUT2D eigenvalue weighted by molar-refractivity contribution is -0.141. The van der Waals surface area contributed by atoms with E-state index in [0.717, 1.165) is 30.3 Å². The summed E-state index contributed by atoms with van der Waals surface area (Å²) < 4.78 is 62.0. The highest BCUT2D eigenvalue weighted by Gasteiger charge is 2.34. The number of nitrogens with zero attached hydrogens (tertiary/aromatic N) is 2. The molecule has 0 N–H and O–H groups in total. The second kappa shape index (κ2) is 7.88. The van der Waals surface area contributed by atoms with Gasteiger partial charge in [-0.3, -0.25) is 14.7 Å². The van der Waals surface area contributed by atoms with Crippen LogP contribution in [0.1, 0.15) is 16.8 Å². The van der Waals surface area contributed by atoms with Crippen molar-refractivity contribution in [3.8, 4) is 0 Å². The first-order valence-corrected chi connectivity index (χ1v) is 11.1. The standard InChI is InChI=1S/C18H13F3N2O3S3/c1-29(25,26)14-5-3-2-4-12(14)8-13-16(24)23(17(27)28-13)10-11-6-7-15(22-9-11)18(19,20)21/h2-9H,10H2,1H3/b13-8-. The molecule has 1 aliphatic rings. The SMILES string of the molecule is CS(=O)(=O)c1ccccc1/C=C1\SC(=S)N(Cc2ccc(C(F)(F)F)nc2)C1=O. The largest absolute Gasteiger partial charge is 0.433 e. The lowest BCUT2D eigenvalue weighted by atomic mass is 10.2. The van der Waals surface area contributed by atoms with Crippen molar-refractivity contribution in [2.24, 2.45) is 0 Å². The zero-order valence-electron chi connectivity index (χ0n) is 14.8. The molecule has 0 bridgehead atoms. The average Bonchev–Trinajstić information content (AvgIpc) is 2.88. The van der Waals surface area contributed by atoms with E-state index in [1.807, 2.05) is 0 Å². The van der Waals surface area contributed by atoms with Crippen LogP contribution in [-0.2, 0) is 27.4 Å². The number of rotatable bonds is 4. The Morgan fingerprint density at radius 2 is 1.90 bits per heavy atom. The summed E-state index contributed by atoms with van der Waals surface area (Å²) in [6, 6.07) is 8.31. The number of benzene rings is 1. The third-order valence-electron chi connectivity index (χ3n) is 3.93. The lowest BCUT2D eigenvalue weighted by Crippen LogP contribution is -2.27. The molecule has 1 aliphatic heterocycles. The highest BCUT2D eigenvalue weighted by molar-refractivity contribution is 8.26. The zero-order valence-corrected chi connectivity index (χ0v) is 17.3. The first kappa shape index (κ1) is 21.5. The van der Waals surface area contributed by atoms with Gasteiger partial charge in [0.15, 0.2) is 9.84 Å². The number of alkyl halides is 3. The van der Waals surface area contributed by atoms with Gasteiger partial charge in [0, 0.05) is 12.5 Å². The van der Waals surface area contributed by atoms with Gasteiger partial charge in [-0.2, -0.15) is 13.2 Å². The van der Waals surface area contributed by atoms with Crippen molar-refractivity contribution in [1.29, 1.82) is 0 Å². The number of halogens is 3. The molecule has 1 amide bonds. The topological polar surface area (TPSA) is 67.3 Å². The summed E-state index contributed by atoms with van der Waals surface area (Å²) in [6.07, 6.45) is -0.983. The van der Waals surface area contributed by atoms with Gasteiger partial charge in [-0.1, -0.05) is 48.2 Å². The molecule has 1 aromatic carbocycles. The van der Waals surface area contributed by atoms with Crippen LogP contribution in [0.5, 0.6) is 0 Å². The number of thioether (sulfide) groups is 1. The number of carbonyl (C=O) groups is 1. The second-order valence-electron chi connectivity index (χ2n) is 6.13. The Kier molecular flexibility index (Phi) is 5.84. The molecule has 29 heavy (non-hydrogen) atoms. The van der Waals surface area contributed by atoms with Crippen LogP contribution < -0.4 is 0 Å². The quantitative estimate of drug-likeness (QED) is 0.511. The first-order chi connectivity index (χ1) is 13.5. The molecule has 11 heteroatoms. The summed E-state index contributed by atoms with van der Waals surface area (Å²) >= 11 is 6.21. The third kappa shape index (κ3) is 4.85. The second-order valence-corrected chi connectivity index (χ2v) is 9.79. The number of hydrogen-bond donors (Lipinski definition) is 0. The van der Waals surface area contributed by atoms with Crippen LogP contribution in [0.4, 0.5) is 13.2 Å². The molecule has 1 aromatic heterocycles. The number of pyridine rings is 1. The molecule has 5 nitrogen and oxygen atoms in total. The molecule has 0 atom stereocenters. The molecule has 0 unspecified atom stereocenters. The van der Waals surface area contributed by atoms with Gasteiger partial charge in [0.05, 0.1) is 16.3 Å². The van der Waals surface area contributed by atoms with Gasteiger partial charge in [0.2, 0.25) is 0 Å². The predicted octanol–water partition coefficient (Wildman–Crippen LogP) is 3.91. The summed E-state index contributed by atoms with van der Waals surface area (Å²) in [5.41, 5.74) is -0.289. The summed E-state index contributed by atoms with van der Waals surface area (Å²) in [6.45, 7) is -0.0408. The summed E-state index contributed by atoms with van der Waals surface area (Å²) in [5, 5.41) is 0.